The first kappa shape index (κ1) is 16.3. The molecular weight excluding hydrogens is 296 g/mol. The molecule has 3 rings (SSSR count). The van der Waals surface area contributed by atoms with E-state index in [0.29, 0.717) is 18.9 Å². The van der Waals surface area contributed by atoms with Crippen molar-refractivity contribution in [3.05, 3.63) is 5.82 Å². The molecule has 8 heteroatoms. The van der Waals surface area contributed by atoms with Crippen molar-refractivity contribution in [1.29, 1.82) is 0 Å². The van der Waals surface area contributed by atoms with Crippen molar-refractivity contribution in [2.24, 2.45) is 5.92 Å². The van der Waals surface area contributed by atoms with Gasteiger partial charge in [-0.05, 0) is 42.7 Å². The Morgan fingerprint density at radius 2 is 2.22 bits per heavy atom. The van der Waals surface area contributed by atoms with E-state index >= 15 is 0 Å². The highest BCUT2D eigenvalue weighted by Gasteiger charge is 2.23. The Hall–Kier alpha value is -1.54. The normalized spacial score (nSPS) is 23.2. The highest BCUT2D eigenvalue weighted by molar-refractivity contribution is 5.76. The number of hydrogen-bond donors (Lipinski definition) is 0. The fourth-order valence-electron chi connectivity index (χ4n) is 3.31. The van der Waals surface area contributed by atoms with Crippen molar-refractivity contribution < 1.29 is 9.53 Å². The van der Waals surface area contributed by atoms with Gasteiger partial charge in [0.25, 0.3) is 0 Å². The van der Waals surface area contributed by atoms with Gasteiger partial charge in [0.05, 0.1) is 13.2 Å². The van der Waals surface area contributed by atoms with E-state index in [0.717, 1.165) is 58.2 Å². The van der Waals surface area contributed by atoms with Crippen molar-refractivity contribution in [3.8, 4) is 0 Å². The summed E-state index contributed by atoms with van der Waals surface area (Å²) in [4.78, 5) is 16.9. The zero-order chi connectivity index (χ0) is 16.1. The second kappa shape index (κ2) is 7.83. The summed E-state index contributed by atoms with van der Waals surface area (Å²) < 4.78 is 7.14. The maximum Gasteiger partial charge on any atom is 0.224 e. The lowest BCUT2D eigenvalue weighted by atomic mass is 10.1. The second-order valence-corrected chi connectivity index (χ2v) is 6.46. The third-order valence-electron chi connectivity index (χ3n) is 4.73. The summed E-state index contributed by atoms with van der Waals surface area (Å²) in [5.74, 6) is 1.62. The van der Waals surface area contributed by atoms with Crippen molar-refractivity contribution >= 4 is 5.91 Å². The molecule has 0 aliphatic carbocycles. The van der Waals surface area contributed by atoms with Gasteiger partial charge in [-0.1, -0.05) is 0 Å². The first-order valence-corrected chi connectivity index (χ1v) is 8.53. The van der Waals surface area contributed by atoms with E-state index in [1.165, 1.54) is 6.42 Å². The number of amides is 1. The molecule has 1 unspecified atom stereocenters. The minimum Gasteiger partial charge on any atom is -0.381 e. The van der Waals surface area contributed by atoms with E-state index in [9.17, 15) is 4.79 Å². The smallest absolute Gasteiger partial charge is 0.224 e. The monoisotopic (exact) mass is 322 g/mol. The van der Waals surface area contributed by atoms with Gasteiger partial charge < -0.3 is 14.5 Å². The maximum atomic E-state index is 12.4. The number of rotatable bonds is 5. The topological polar surface area (TPSA) is 76.4 Å². The molecule has 2 saturated heterocycles. The Morgan fingerprint density at radius 1 is 1.30 bits per heavy atom. The standard InChI is InChI=1S/C15H26N6O2/c1-13-16-17-18-21(13)7-3-15(22)20-6-2-5-19(8-9-20)11-14-4-10-23-12-14/h14H,2-12H2,1H3. The summed E-state index contributed by atoms with van der Waals surface area (Å²) in [5.41, 5.74) is 0. The lowest BCUT2D eigenvalue weighted by molar-refractivity contribution is -0.131. The molecule has 0 radical (unpaired) electrons. The molecule has 2 aliphatic rings. The van der Waals surface area contributed by atoms with Crippen LogP contribution < -0.4 is 0 Å². The number of aromatic nitrogens is 4. The van der Waals surface area contributed by atoms with E-state index in [4.69, 9.17) is 4.74 Å². The number of carbonyl (C=O) groups excluding carboxylic acids is 1. The van der Waals surface area contributed by atoms with E-state index in [1.807, 2.05) is 11.8 Å². The zero-order valence-electron chi connectivity index (χ0n) is 13.9. The minimum absolute atomic E-state index is 0.200. The Bertz CT molecular complexity index is 514. The molecule has 0 aromatic carbocycles. The largest absolute Gasteiger partial charge is 0.381 e. The number of nitrogens with zero attached hydrogens (tertiary/aromatic N) is 6. The number of carbonyl (C=O) groups is 1. The van der Waals surface area contributed by atoms with Crippen LogP contribution in [0.15, 0.2) is 0 Å². The molecule has 3 heterocycles. The van der Waals surface area contributed by atoms with Crippen LogP contribution in [0.1, 0.15) is 25.1 Å². The maximum absolute atomic E-state index is 12.4. The average Bonchev–Trinajstić information content (AvgIpc) is 3.13. The molecule has 0 bridgehead atoms. The van der Waals surface area contributed by atoms with Crippen LogP contribution in [0, 0.1) is 12.8 Å². The molecule has 0 spiro atoms. The molecule has 128 valence electrons. The fourth-order valence-corrected chi connectivity index (χ4v) is 3.31. The minimum atomic E-state index is 0.200. The SMILES string of the molecule is Cc1nnnn1CCC(=O)N1CCCN(CC2CCOC2)CC1. The van der Waals surface area contributed by atoms with Crippen LogP contribution in [-0.4, -0.2) is 81.9 Å². The number of tetrazole rings is 1. The van der Waals surface area contributed by atoms with Gasteiger partial charge in [-0.3, -0.25) is 4.79 Å². The quantitative estimate of drug-likeness (QED) is 0.756. The van der Waals surface area contributed by atoms with Gasteiger partial charge in [0.2, 0.25) is 5.91 Å². The van der Waals surface area contributed by atoms with E-state index < -0.39 is 0 Å². The molecule has 0 saturated carbocycles. The van der Waals surface area contributed by atoms with Crippen LogP contribution >= 0.6 is 0 Å². The van der Waals surface area contributed by atoms with E-state index in [1.54, 1.807) is 4.68 Å². The second-order valence-electron chi connectivity index (χ2n) is 6.46. The highest BCUT2D eigenvalue weighted by atomic mass is 16.5. The summed E-state index contributed by atoms with van der Waals surface area (Å²) in [6.45, 7) is 9.01. The lowest BCUT2D eigenvalue weighted by Gasteiger charge is -2.23. The van der Waals surface area contributed by atoms with Gasteiger partial charge in [-0.2, -0.15) is 0 Å². The summed E-state index contributed by atoms with van der Waals surface area (Å²) in [6, 6.07) is 0. The first-order chi connectivity index (χ1) is 11.2. The molecule has 1 atom stereocenters. The third-order valence-corrected chi connectivity index (χ3v) is 4.73. The van der Waals surface area contributed by atoms with Crippen molar-refractivity contribution in [2.75, 3.05) is 45.9 Å². The molecule has 1 aromatic rings. The van der Waals surface area contributed by atoms with Gasteiger partial charge in [0.1, 0.15) is 5.82 Å². The molecule has 23 heavy (non-hydrogen) atoms. The van der Waals surface area contributed by atoms with Gasteiger partial charge in [-0.25, -0.2) is 4.68 Å². The molecule has 2 aliphatic heterocycles. The molecular formula is C15H26N6O2. The molecule has 8 nitrogen and oxygen atoms in total. The van der Waals surface area contributed by atoms with E-state index in [2.05, 4.69) is 20.4 Å². The molecule has 0 N–H and O–H groups in total. The van der Waals surface area contributed by atoms with Gasteiger partial charge in [0, 0.05) is 39.2 Å². The van der Waals surface area contributed by atoms with Crippen LogP contribution in [-0.2, 0) is 16.1 Å². The highest BCUT2D eigenvalue weighted by Crippen LogP contribution is 2.15. The summed E-state index contributed by atoms with van der Waals surface area (Å²) in [6.07, 6.45) is 2.68. The van der Waals surface area contributed by atoms with Crippen LogP contribution in [0.2, 0.25) is 0 Å². The summed E-state index contributed by atoms with van der Waals surface area (Å²) >= 11 is 0. The lowest BCUT2D eigenvalue weighted by Crippen LogP contribution is -2.37. The Balaban J connectivity index is 1.43. The predicted molar refractivity (Wildman–Crippen MR) is 83.7 cm³/mol. The number of aryl methyl sites for hydroxylation is 2. The van der Waals surface area contributed by atoms with Crippen LogP contribution in [0.25, 0.3) is 0 Å². The average molecular weight is 322 g/mol. The summed E-state index contributed by atoms with van der Waals surface area (Å²) in [5, 5.41) is 11.3. The van der Waals surface area contributed by atoms with Gasteiger partial charge >= 0.3 is 0 Å². The van der Waals surface area contributed by atoms with Crippen molar-refractivity contribution in [3.63, 3.8) is 0 Å². The van der Waals surface area contributed by atoms with Crippen LogP contribution in [0.5, 0.6) is 0 Å². The van der Waals surface area contributed by atoms with Gasteiger partial charge in [-0.15, -0.1) is 5.10 Å². The number of hydrogen-bond acceptors (Lipinski definition) is 6. The van der Waals surface area contributed by atoms with Crippen molar-refractivity contribution in [1.82, 2.24) is 30.0 Å². The first-order valence-electron chi connectivity index (χ1n) is 8.53. The molecule has 1 aromatic heterocycles. The summed E-state index contributed by atoms with van der Waals surface area (Å²) in [7, 11) is 0. The van der Waals surface area contributed by atoms with Crippen LogP contribution in [0.3, 0.4) is 0 Å². The predicted octanol–water partition coefficient (Wildman–Crippen LogP) is -0.0576. The number of ether oxygens (including phenoxy) is 1. The molecule has 1 amide bonds. The van der Waals surface area contributed by atoms with Crippen LogP contribution in [0.4, 0.5) is 0 Å². The fraction of sp³-hybridized carbons (Fsp3) is 0.867. The zero-order valence-corrected chi connectivity index (χ0v) is 13.9. The Labute approximate surface area is 136 Å². The van der Waals surface area contributed by atoms with Gasteiger partial charge in [0.15, 0.2) is 0 Å². The van der Waals surface area contributed by atoms with Crippen molar-refractivity contribution in [2.45, 2.75) is 32.7 Å². The molecule has 2 fully saturated rings. The third kappa shape index (κ3) is 4.48. The van der Waals surface area contributed by atoms with E-state index in [-0.39, 0.29) is 5.91 Å². The Morgan fingerprint density at radius 3 is 2.96 bits per heavy atom. The Kier molecular flexibility index (Phi) is 5.56.